The maximum absolute atomic E-state index is 12.3. The smallest absolute Gasteiger partial charge is 0.238 e. The lowest BCUT2D eigenvalue weighted by Crippen LogP contribution is -2.30. The molecule has 5 nitrogen and oxygen atoms in total. The summed E-state index contributed by atoms with van der Waals surface area (Å²) in [6.45, 7) is 3.27. The molecular weight excluding hydrogens is 394 g/mol. The fraction of sp³-hybridized carbons (Fsp3) is 0.300. The van der Waals surface area contributed by atoms with Crippen molar-refractivity contribution in [2.24, 2.45) is 0 Å². The third-order valence-electron chi connectivity index (χ3n) is 4.45. The van der Waals surface area contributed by atoms with Gasteiger partial charge in [0, 0.05) is 35.9 Å². The Balaban J connectivity index is 1.59. The number of fused-ring (bicyclic) bond motifs is 1. The van der Waals surface area contributed by atoms with Gasteiger partial charge < -0.3 is 10.2 Å². The van der Waals surface area contributed by atoms with E-state index in [4.69, 9.17) is 0 Å². The van der Waals surface area contributed by atoms with Crippen LogP contribution in [0.5, 0.6) is 0 Å². The maximum Gasteiger partial charge on any atom is 0.238 e. The molecule has 0 radical (unpaired) electrons. The molecule has 6 heteroatoms. The molecule has 0 fully saturated rings. The molecule has 3 rings (SSSR count). The number of nitrogens with zero attached hydrogens (tertiary/aromatic N) is 2. The highest BCUT2D eigenvalue weighted by Gasteiger charge is 2.22. The molecule has 0 spiro atoms. The Morgan fingerprint density at radius 1 is 1.23 bits per heavy atom. The van der Waals surface area contributed by atoms with E-state index < -0.39 is 0 Å². The predicted molar refractivity (Wildman–Crippen MR) is 107 cm³/mol. The molecule has 0 atom stereocenters. The Hall–Kier alpha value is -2.18. The zero-order chi connectivity index (χ0) is 18.7. The highest BCUT2D eigenvalue weighted by atomic mass is 79.9. The van der Waals surface area contributed by atoms with E-state index in [1.165, 1.54) is 0 Å². The van der Waals surface area contributed by atoms with Crippen LogP contribution in [-0.2, 0) is 22.6 Å². The minimum Gasteiger partial charge on any atom is -0.325 e. The molecular formula is C20H22BrN3O2. The van der Waals surface area contributed by atoms with Crippen molar-refractivity contribution >= 4 is 39.1 Å². The van der Waals surface area contributed by atoms with E-state index in [0.29, 0.717) is 19.6 Å². The van der Waals surface area contributed by atoms with Crippen LogP contribution in [0.2, 0.25) is 0 Å². The van der Waals surface area contributed by atoms with E-state index in [1.807, 2.05) is 54.4 Å². The predicted octanol–water partition coefficient (Wildman–Crippen LogP) is 3.43. The van der Waals surface area contributed by atoms with Gasteiger partial charge in [-0.2, -0.15) is 0 Å². The van der Waals surface area contributed by atoms with Crippen molar-refractivity contribution in [3.05, 3.63) is 58.1 Å². The van der Waals surface area contributed by atoms with Crippen LogP contribution in [0.4, 0.5) is 11.4 Å². The zero-order valence-electron chi connectivity index (χ0n) is 15.0. The summed E-state index contributed by atoms with van der Waals surface area (Å²) in [5, 5.41) is 2.95. The molecule has 1 aliphatic heterocycles. The van der Waals surface area contributed by atoms with Crippen LogP contribution >= 0.6 is 15.9 Å². The van der Waals surface area contributed by atoms with Gasteiger partial charge in [-0.05, 0) is 48.9 Å². The summed E-state index contributed by atoms with van der Waals surface area (Å²) >= 11 is 3.53. The molecule has 0 saturated carbocycles. The SMILES string of the molecule is CC(=O)N1CCc2cc(NC(=O)CN(C)Cc3ccccc3Br)ccc21. The van der Waals surface area contributed by atoms with Crippen LogP contribution in [0.15, 0.2) is 46.9 Å². The van der Waals surface area contributed by atoms with E-state index in [9.17, 15) is 9.59 Å². The molecule has 0 unspecified atom stereocenters. The Morgan fingerprint density at radius 2 is 2.00 bits per heavy atom. The van der Waals surface area contributed by atoms with Crippen molar-refractivity contribution < 1.29 is 9.59 Å². The van der Waals surface area contributed by atoms with Gasteiger partial charge in [0.05, 0.1) is 6.54 Å². The lowest BCUT2D eigenvalue weighted by Gasteiger charge is -2.18. The number of rotatable bonds is 5. The average molecular weight is 416 g/mol. The van der Waals surface area contributed by atoms with E-state index in [1.54, 1.807) is 11.8 Å². The monoisotopic (exact) mass is 415 g/mol. The van der Waals surface area contributed by atoms with Crippen LogP contribution in [0.3, 0.4) is 0 Å². The number of carbonyl (C=O) groups excluding carboxylic acids is 2. The van der Waals surface area contributed by atoms with Gasteiger partial charge in [0.1, 0.15) is 0 Å². The van der Waals surface area contributed by atoms with Crippen LogP contribution in [0, 0.1) is 0 Å². The first-order chi connectivity index (χ1) is 12.4. The van der Waals surface area contributed by atoms with Gasteiger partial charge in [-0.1, -0.05) is 34.1 Å². The molecule has 2 amide bonds. The summed E-state index contributed by atoms with van der Waals surface area (Å²) in [4.78, 5) is 27.7. The van der Waals surface area contributed by atoms with E-state index >= 15 is 0 Å². The number of anilines is 2. The minimum atomic E-state index is -0.0547. The summed E-state index contributed by atoms with van der Waals surface area (Å²) < 4.78 is 1.04. The van der Waals surface area contributed by atoms with Crippen LogP contribution in [0.1, 0.15) is 18.1 Å². The average Bonchev–Trinajstić information content (AvgIpc) is 3.00. The van der Waals surface area contributed by atoms with Gasteiger partial charge in [-0.25, -0.2) is 0 Å². The Labute approximate surface area is 162 Å². The Kier molecular flexibility index (Phi) is 5.74. The Bertz CT molecular complexity index is 838. The van der Waals surface area contributed by atoms with Crippen LogP contribution in [-0.4, -0.2) is 36.9 Å². The molecule has 0 bridgehead atoms. The first kappa shape index (κ1) is 18.6. The minimum absolute atomic E-state index is 0.0502. The fourth-order valence-electron chi connectivity index (χ4n) is 3.23. The number of hydrogen-bond donors (Lipinski definition) is 1. The lowest BCUT2D eigenvalue weighted by molar-refractivity contribution is -0.117. The molecule has 1 aliphatic rings. The summed E-state index contributed by atoms with van der Waals surface area (Å²) in [6, 6.07) is 13.7. The molecule has 1 heterocycles. The number of likely N-dealkylation sites (N-methyl/N-ethyl adjacent to an activating group) is 1. The summed E-state index contributed by atoms with van der Waals surface area (Å²) in [6.07, 6.45) is 0.820. The van der Waals surface area contributed by atoms with E-state index in [0.717, 1.165) is 33.4 Å². The Morgan fingerprint density at radius 3 is 2.73 bits per heavy atom. The van der Waals surface area contributed by atoms with E-state index in [-0.39, 0.29) is 11.8 Å². The molecule has 0 aromatic heterocycles. The van der Waals surface area contributed by atoms with Gasteiger partial charge in [-0.15, -0.1) is 0 Å². The van der Waals surface area contributed by atoms with Gasteiger partial charge in [-0.3, -0.25) is 14.5 Å². The second kappa shape index (κ2) is 8.01. The highest BCUT2D eigenvalue weighted by molar-refractivity contribution is 9.10. The zero-order valence-corrected chi connectivity index (χ0v) is 16.5. The largest absolute Gasteiger partial charge is 0.325 e. The van der Waals surface area contributed by atoms with Gasteiger partial charge >= 0.3 is 0 Å². The second-order valence-electron chi connectivity index (χ2n) is 6.58. The molecule has 136 valence electrons. The summed E-state index contributed by atoms with van der Waals surface area (Å²) in [7, 11) is 1.92. The van der Waals surface area contributed by atoms with Crippen molar-refractivity contribution in [3.63, 3.8) is 0 Å². The standard InChI is InChI=1S/C20H22BrN3O2/c1-14(25)24-10-9-15-11-17(7-8-19(15)24)22-20(26)13-23(2)12-16-5-3-4-6-18(16)21/h3-8,11H,9-10,12-13H2,1-2H3,(H,22,26). The topological polar surface area (TPSA) is 52.7 Å². The number of benzene rings is 2. The molecule has 2 aromatic rings. The summed E-state index contributed by atoms with van der Waals surface area (Å²) in [5.41, 5.74) is 3.96. The van der Waals surface area contributed by atoms with Crippen LogP contribution in [0.25, 0.3) is 0 Å². The number of amides is 2. The quantitative estimate of drug-likeness (QED) is 0.813. The number of carbonyl (C=O) groups is 2. The third-order valence-corrected chi connectivity index (χ3v) is 5.22. The molecule has 0 saturated heterocycles. The van der Waals surface area contributed by atoms with Crippen LogP contribution < -0.4 is 10.2 Å². The molecule has 26 heavy (non-hydrogen) atoms. The fourth-order valence-corrected chi connectivity index (χ4v) is 3.64. The van der Waals surface area contributed by atoms with Crippen molar-refractivity contribution in [3.8, 4) is 0 Å². The third kappa shape index (κ3) is 4.31. The van der Waals surface area contributed by atoms with Gasteiger partial charge in [0.2, 0.25) is 11.8 Å². The molecule has 0 aliphatic carbocycles. The van der Waals surface area contributed by atoms with Crippen molar-refractivity contribution in [2.75, 3.05) is 30.4 Å². The summed E-state index contributed by atoms with van der Waals surface area (Å²) in [5.74, 6) is -0.00448. The van der Waals surface area contributed by atoms with Crippen molar-refractivity contribution in [1.82, 2.24) is 4.90 Å². The maximum atomic E-state index is 12.3. The second-order valence-corrected chi connectivity index (χ2v) is 7.43. The number of halogens is 1. The molecule has 2 aromatic carbocycles. The lowest BCUT2D eigenvalue weighted by atomic mass is 10.1. The molecule has 1 N–H and O–H groups in total. The highest BCUT2D eigenvalue weighted by Crippen LogP contribution is 2.30. The number of nitrogens with one attached hydrogen (secondary N) is 1. The first-order valence-corrected chi connectivity index (χ1v) is 9.36. The van der Waals surface area contributed by atoms with Crippen molar-refractivity contribution in [2.45, 2.75) is 19.9 Å². The normalized spacial score (nSPS) is 13.0. The number of hydrogen-bond acceptors (Lipinski definition) is 3. The van der Waals surface area contributed by atoms with Gasteiger partial charge in [0.25, 0.3) is 0 Å². The first-order valence-electron chi connectivity index (χ1n) is 8.57. The van der Waals surface area contributed by atoms with Gasteiger partial charge in [0.15, 0.2) is 0 Å². The van der Waals surface area contributed by atoms with E-state index in [2.05, 4.69) is 21.2 Å². The van der Waals surface area contributed by atoms with Crippen molar-refractivity contribution in [1.29, 1.82) is 0 Å².